The van der Waals surface area contributed by atoms with E-state index in [-0.39, 0.29) is 36.5 Å². The number of carbonyl (C=O) groups is 4. The van der Waals surface area contributed by atoms with Crippen molar-refractivity contribution in [1.29, 1.82) is 0 Å². The summed E-state index contributed by atoms with van der Waals surface area (Å²) in [5.74, 6) is -3.65. The standard InChI is InChI=1S/2C11H22N2O3.C2H2O4/c2*1-11(2,3)16-10(14)13-8-7-12-6-5-9(8)15-4;3-1(4)2(5)6/h2*8-9,12H,5-7H2,1-4H3,(H,13,14);(H,3,4)(H,5,6)/t2*8-,9-;/m00./s1. The average molecular weight is 551 g/mol. The predicted octanol–water partition coefficient (Wildman–Crippen LogP) is 0.932. The van der Waals surface area contributed by atoms with Crippen LogP contribution < -0.4 is 21.3 Å². The lowest BCUT2D eigenvalue weighted by molar-refractivity contribution is -0.159. The van der Waals surface area contributed by atoms with E-state index in [0.717, 1.165) is 39.0 Å². The second kappa shape index (κ2) is 17.0. The van der Waals surface area contributed by atoms with Gasteiger partial charge >= 0.3 is 24.1 Å². The number of amides is 2. The summed E-state index contributed by atoms with van der Waals surface area (Å²) in [6, 6.07) is -0.0396. The Hall–Kier alpha value is -2.68. The molecular formula is C24H46N4O10. The van der Waals surface area contributed by atoms with Gasteiger partial charge in [-0.15, -0.1) is 0 Å². The van der Waals surface area contributed by atoms with Crippen LogP contribution in [-0.4, -0.2) is 110 Å². The Morgan fingerprint density at radius 2 is 1.00 bits per heavy atom. The molecule has 0 saturated carbocycles. The minimum Gasteiger partial charge on any atom is -0.473 e. The van der Waals surface area contributed by atoms with Crippen molar-refractivity contribution < 1.29 is 48.3 Å². The minimum absolute atomic E-state index is 0.0198. The van der Waals surface area contributed by atoms with Crippen molar-refractivity contribution >= 4 is 24.1 Å². The quantitative estimate of drug-likeness (QED) is 0.272. The number of nitrogens with one attached hydrogen (secondary N) is 4. The van der Waals surface area contributed by atoms with Crippen LogP contribution in [0.2, 0.25) is 0 Å². The molecule has 2 saturated heterocycles. The van der Waals surface area contributed by atoms with E-state index in [1.807, 2.05) is 41.5 Å². The number of ether oxygens (including phenoxy) is 4. The van der Waals surface area contributed by atoms with Gasteiger partial charge in [-0.05, 0) is 67.5 Å². The van der Waals surface area contributed by atoms with Gasteiger partial charge in [0.05, 0.1) is 24.3 Å². The van der Waals surface area contributed by atoms with Crippen LogP contribution in [0.15, 0.2) is 0 Å². The van der Waals surface area contributed by atoms with Crippen LogP contribution >= 0.6 is 0 Å². The van der Waals surface area contributed by atoms with Crippen molar-refractivity contribution in [1.82, 2.24) is 21.3 Å². The number of methoxy groups -OCH3 is 2. The largest absolute Gasteiger partial charge is 0.473 e. The second-order valence-electron chi connectivity index (χ2n) is 10.6. The Labute approximate surface area is 224 Å². The first kappa shape index (κ1) is 35.3. The van der Waals surface area contributed by atoms with Gasteiger partial charge in [-0.2, -0.15) is 0 Å². The van der Waals surface area contributed by atoms with Gasteiger partial charge < -0.3 is 50.4 Å². The summed E-state index contributed by atoms with van der Waals surface area (Å²) < 4.78 is 21.0. The fraction of sp³-hybridized carbons (Fsp3) is 0.833. The van der Waals surface area contributed by atoms with Gasteiger partial charge in [-0.1, -0.05) is 0 Å². The number of carbonyl (C=O) groups excluding carboxylic acids is 2. The highest BCUT2D eigenvalue weighted by Crippen LogP contribution is 2.12. The number of carboxylic acids is 2. The first-order chi connectivity index (χ1) is 17.5. The molecule has 0 bridgehead atoms. The Bertz CT molecular complexity index is 689. The van der Waals surface area contributed by atoms with Crippen LogP contribution in [0.1, 0.15) is 54.4 Å². The van der Waals surface area contributed by atoms with Gasteiger partial charge in [0.15, 0.2) is 0 Å². The lowest BCUT2D eigenvalue weighted by Crippen LogP contribution is -2.55. The molecule has 4 atom stereocenters. The van der Waals surface area contributed by atoms with Crippen LogP contribution in [0, 0.1) is 0 Å². The summed E-state index contributed by atoms with van der Waals surface area (Å²) in [4.78, 5) is 41.3. The zero-order valence-corrected chi connectivity index (χ0v) is 23.7. The van der Waals surface area contributed by atoms with Gasteiger partial charge in [0, 0.05) is 27.3 Å². The van der Waals surface area contributed by atoms with Gasteiger partial charge in [0.25, 0.3) is 0 Å². The Kier molecular flexibility index (Phi) is 15.8. The molecular weight excluding hydrogens is 504 g/mol. The topological polar surface area (TPSA) is 194 Å². The maximum atomic E-state index is 11.6. The number of piperidine rings is 2. The van der Waals surface area contributed by atoms with Crippen molar-refractivity contribution in [2.75, 3.05) is 40.4 Å². The molecule has 0 aliphatic carbocycles. The molecule has 0 unspecified atom stereocenters. The third-order valence-corrected chi connectivity index (χ3v) is 5.03. The molecule has 0 aromatic rings. The summed E-state index contributed by atoms with van der Waals surface area (Å²) in [6.07, 6.45) is 1.16. The molecule has 2 rings (SSSR count). The molecule has 0 radical (unpaired) electrons. The van der Waals surface area contributed by atoms with E-state index in [0.29, 0.717) is 0 Å². The molecule has 2 aliphatic rings. The van der Waals surface area contributed by atoms with Gasteiger partial charge in [-0.25, -0.2) is 19.2 Å². The number of carboxylic acid groups (broad SMARTS) is 2. The summed E-state index contributed by atoms with van der Waals surface area (Å²) >= 11 is 0. The van der Waals surface area contributed by atoms with Gasteiger partial charge in [0.1, 0.15) is 11.2 Å². The van der Waals surface area contributed by atoms with E-state index < -0.39 is 23.1 Å². The van der Waals surface area contributed by atoms with E-state index in [1.165, 1.54) is 0 Å². The Morgan fingerprint density at radius 1 is 0.684 bits per heavy atom. The van der Waals surface area contributed by atoms with Crippen LogP contribution in [0.25, 0.3) is 0 Å². The maximum Gasteiger partial charge on any atom is 0.414 e. The fourth-order valence-corrected chi connectivity index (χ4v) is 3.44. The van der Waals surface area contributed by atoms with Crippen LogP contribution in [0.4, 0.5) is 9.59 Å². The van der Waals surface area contributed by atoms with Crippen LogP contribution in [0.3, 0.4) is 0 Å². The number of hydrogen-bond donors (Lipinski definition) is 6. The Morgan fingerprint density at radius 3 is 1.24 bits per heavy atom. The first-order valence-corrected chi connectivity index (χ1v) is 12.4. The van der Waals surface area contributed by atoms with E-state index in [1.54, 1.807) is 14.2 Å². The highest BCUT2D eigenvalue weighted by Gasteiger charge is 2.29. The number of aliphatic carboxylic acids is 2. The van der Waals surface area contributed by atoms with Crippen molar-refractivity contribution in [2.45, 2.75) is 89.9 Å². The number of alkyl carbamates (subject to hydrolysis) is 2. The monoisotopic (exact) mass is 550 g/mol. The molecule has 0 aromatic carbocycles. The van der Waals surface area contributed by atoms with Crippen LogP contribution in [0.5, 0.6) is 0 Å². The molecule has 2 amide bonds. The van der Waals surface area contributed by atoms with Crippen molar-refractivity contribution in [3.05, 3.63) is 0 Å². The van der Waals surface area contributed by atoms with Gasteiger partial charge in [0.2, 0.25) is 0 Å². The molecule has 0 aromatic heterocycles. The molecule has 6 N–H and O–H groups in total. The molecule has 2 heterocycles. The highest BCUT2D eigenvalue weighted by molar-refractivity contribution is 6.27. The Balaban J connectivity index is 0.000000596. The smallest absolute Gasteiger partial charge is 0.414 e. The normalized spacial score (nSPS) is 23.3. The van der Waals surface area contributed by atoms with E-state index in [4.69, 9.17) is 38.7 Å². The molecule has 2 aliphatic heterocycles. The fourth-order valence-electron chi connectivity index (χ4n) is 3.44. The molecule has 14 nitrogen and oxygen atoms in total. The summed E-state index contributed by atoms with van der Waals surface area (Å²) in [5, 5.41) is 26.9. The third-order valence-electron chi connectivity index (χ3n) is 5.03. The van der Waals surface area contributed by atoms with Crippen molar-refractivity contribution in [2.24, 2.45) is 0 Å². The number of rotatable bonds is 4. The number of hydrogen-bond acceptors (Lipinski definition) is 10. The third kappa shape index (κ3) is 16.9. The lowest BCUT2D eigenvalue weighted by Gasteiger charge is -2.32. The van der Waals surface area contributed by atoms with E-state index in [9.17, 15) is 9.59 Å². The average Bonchev–Trinajstić information content (AvgIpc) is 2.78. The first-order valence-electron chi connectivity index (χ1n) is 12.4. The SMILES string of the molecule is CO[C@H]1CCNC[C@@H]1NC(=O)OC(C)(C)C.CO[C@H]1CCNC[C@@H]1NC(=O)OC(C)(C)C.O=C(O)C(=O)O. The molecule has 2 fully saturated rings. The lowest BCUT2D eigenvalue weighted by atomic mass is 10.0. The van der Waals surface area contributed by atoms with Crippen LogP contribution in [-0.2, 0) is 28.5 Å². The van der Waals surface area contributed by atoms with Crippen molar-refractivity contribution in [3.63, 3.8) is 0 Å². The molecule has 38 heavy (non-hydrogen) atoms. The molecule has 14 heteroatoms. The summed E-state index contributed by atoms with van der Waals surface area (Å²) in [7, 11) is 3.33. The highest BCUT2D eigenvalue weighted by atomic mass is 16.6. The molecule has 222 valence electrons. The summed E-state index contributed by atoms with van der Waals surface area (Å²) in [6.45, 7) is 14.4. The zero-order chi connectivity index (χ0) is 29.5. The summed E-state index contributed by atoms with van der Waals surface area (Å²) in [5.41, 5.74) is -0.927. The van der Waals surface area contributed by atoms with Gasteiger partial charge in [-0.3, -0.25) is 0 Å². The molecule has 0 spiro atoms. The zero-order valence-electron chi connectivity index (χ0n) is 23.7. The van der Waals surface area contributed by atoms with E-state index >= 15 is 0 Å². The minimum atomic E-state index is -1.82. The second-order valence-corrected chi connectivity index (χ2v) is 10.6. The van der Waals surface area contributed by atoms with Crippen molar-refractivity contribution in [3.8, 4) is 0 Å². The maximum absolute atomic E-state index is 11.6. The van der Waals surface area contributed by atoms with E-state index in [2.05, 4.69) is 21.3 Å². The predicted molar refractivity (Wildman–Crippen MR) is 138 cm³/mol.